The Balaban J connectivity index is 1.39. The van der Waals surface area contributed by atoms with Crippen LogP contribution in [0.25, 0.3) is 0 Å². The molecule has 4 fully saturated rings. The van der Waals surface area contributed by atoms with E-state index in [0.29, 0.717) is 58.2 Å². The molecule has 1 saturated carbocycles. The molecule has 192 valence electrons. The molecule has 1 aromatic rings. The standard InChI is InChI=1S/C25H32F3N3O4/c26-25(27,28)20-15-18(31-12-2-14-35-23(31)34)5-8-21(20)29-11-1-9-24(16-29)10-13-30(22(24)33)17-3-6-19(32)7-4-17/h5,8,15,17,19,32H,1-4,6-7,9-14,16H2/t17-,19-,24?. The summed E-state index contributed by atoms with van der Waals surface area (Å²) in [4.78, 5) is 30.5. The Kier molecular flexibility index (Phi) is 6.35. The Bertz CT molecular complexity index is 979. The highest BCUT2D eigenvalue weighted by Gasteiger charge is 2.51. The van der Waals surface area contributed by atoms with Gasteiger partial charge in [0.25, 0.3) is 0 Å². The van der Waals surface area contributed by atoms with Gasteiger partial charge in [0, 0.05) is 43.6 Å². The molecule has 1 spiro atoms. The van der Waals surface area contributed by atoms with Crippen molar-refractivity contribution in [3.8, 4) is 0 Å². The molecular formula is C25H32F3N3O4. The number of halogens is 3. The van der Waals surface area contributed by atoms with Crippen LogP contribution in [0.4, 0.5) is 29.3 Å². The largest absolute Gasteiger partial charge is 0.449 e. The smallest absolute Gasteiger partial charge is 0.418 e. The molecule has 3 heterocycles. The third-order valence-electron chi connectivity index (χ3n) is 8.14. The molecule has 3 aliphatic heterocycles. The molecule has 35 heavy (non-hydrogen) atoms. The summed E-state index contributed by atoms with van der Waals surface area (Å²) in [5, 5.41) is 9.82. The third kappa shape index (κ3) is 4.57. The number of carbonyl (C=O) groups excluding carboxylic acids is 2. The zero-order valence-corrected chi connectivity index (χ0v) is 19.7. The Hall–Kier alpha value is -2.49. The number of aliphatic hydroxyl groups is 1. The topological polar surface area (TPSA) is 73.3 Å². The fraction of sp³-hybridized carbons (Fsp3) is 0.680. The number of benzene rings is 1. The highest BCUT2D eigenvalue weighted by atomic mass is 19.4. The van der Waals surface area contributed by atoms with E-state index in [2.05, 4.69) is 0 Å². The first-order valence-electron chi connectivity index (χ1n) is 12.6. The minimum atomic E-state index is -4.61. The van der Waals surface area contributed by atoms with Crippen molar-refractivity contribution in [3.63, 3.8) is 0 Å². The van der Waals surface area contributed by atoms with Crippen LogP contribution in [0.2, 0.25) is 0 Å². The molecule has 1 aliphatic carbocycles. The molecule has 0 bridgehead atoms. The number of ether oxygens (including phenoxy) is 1. The van der Waals surface area contributed by atoms with Gasteiger partial charge in [0.1, 0.15) is 0 Å². The number of anilines is 2. The van der Waals surface area contributed by atoms with Gasteiger partial charge in [0.2, 0.25) is 5.91 Å². The van der Waals surface area contributed by atoms with Crippen LogP contribution in [0.1, 0.15) is 56.9 Å². The van der Waals surface area contributed by atoms with Crippen LogP contribution in [-0.4, -0.2) is 66.9 Å². The number of amides is 2. The average Bonchev–Trinajstić information content (AvgIpc) is 3.14. The van der Waals surface area contributed by atoms with Crippen molar-refractivity contribution >= 4 is 23.4 Å². The van der Waals surface area contributed by atoms with Gasteiger partial charge in [-0.15, -0.1) is 0 Å². The van der Waals surface area contributed by atoms with Gasteiger partial charge in [-0.3, -0.25) is 9.69 Å². The number of cyclic esters (lactones) is 1. The molecule has 1 unspecified atom stereocenters. The highest BCUT2D eigenvalue weighted by Crippen LogP contribution is 2.46. The predicted octanol–water partition coefficient (Wildman–Crippen LogP) is 4.17. The zero-order chi connectivity index (χ0) is 24.8. The minimum absolute atomic E-state index is 0.0461. The normalized spacial score (nSPS) is 30.2. The van der Waals surface area contributed by atoms with Crippen molar-refractivity contribution in [1.82, 2.24) is 4.90 Å². The molecule has 10 heteroatoms. The summed E-state index contributed by atoms with van der Waals surface area (Å²) >= 11 is 0. The van der Waals surface area contributed by atoms with Gasteiger partial charge in [0.15, 0.2) is 0 Å². The molecule has 4 aliphatic rings. The van der Waals surface area contributed by atoms with E-state index in [9.17, 15) is 27.9 Å². The van der Waals surface area contributed by atoms with E-state index in [4.69, 9.17) is 4.74 Å². The summed E-state index contributed by atoms with van der Waals surface area (Å²) in [6.07, 6.45) is -0.143. The SMILES string of the molecule is O=C1OCCCN1c1ccc(N2CCCC3(CCN([C@H]4CC[C@H](O)CC4)C3=O)C2)c(C(F)(F)F)c1. The monoisotopic (exact) mass is 495 g/mol. The van der Waals surface area contributed by atoms with E-state index < -0.39 is 23.2 Å². The molecule has 5 rings (SSSR count). The third-order valence-corrected chi connectivity index (χ3v) is 8.14. The van der Waals surface area contributed by atoms with Crippen LogP contribution in [0.3, 0.4) is 0 Å². The highest BCUT2D eigenvalue weighted by molar-refractivity contribution is 5.89. The molecule has 0 aromatic heterocycles. The number of nitrogens with zero attached hydrogens (tertiary/aromatic N) is 3. The summed E-state index contributed by atoms with van der Waals surface area (Å²) in [7, 11) is 0. The van der Waals surface area contributed by atoms with Gasteiger partial charge < -0.3 is 19.6 Å². The average molecular weight is 496 g/mol. The summed E-state index contributed by atoms with van der Waals surface area (Å²) in [5.74, 6) is 0.0461. The lowest BCUT2D eigenvalue weighted by atomic mass is 9.78. The maximum absolute atomic E-state index is 14.2. The summed E-state index contributed by atoms with van der Waals surface area (Å²) in [6, 6.07) is 4.10. The van der Waals surface area contributed by atoms with Crippen LogP contribution >= 0.6 is 0 Å². The Morgan fingerprint density at radius 1 is 1.00 bits per heavy atom. The number of alkyl halides is 3. The number of likely N-dealkylation sites (tertiary alicyclic amines) is 1. The van der Waals surface area contributed by atoms with Crippen molar-refractivity contribution in [2.24, 2.45) is 5.41 Å². The number of piperidine rings is 1. The molecule has 3 saturated heterocycles. The van der Waals surface area contributed by atoms with Gasteiger partial charge in [0.05, 0.1) is 23.7 Å². The van der Waals surface area contributed by atoms with Crippen molar-refractivity contribution in [3.05, 3.63) is 23.8 Å². The van der Waals surface area contributed by atoms with Gasteiger partial charge >= 0.3 is 12.3 Å². The van der Waals surface area contributed by atoms with Crippen LogP contribution in [-0.2, 0) is 15.7 Å². The Labute approximate surface area is 202 Å². The quantitative estimate of drug-likeness (QED) is 0.681. The minimum Gasteiger partial charge on any atom is -0.449 e. The van der Waals surface area contributed by atoms with Crippen molar-refractivity contribution in [2.75, 3.05) is 42.6 Å². The molecule has 0 radical (unpaired) electrons. The molecule has 2 amide bonds. The fourth-order valence-corrected chi connectivity index (χ4v) is 6.26. The second-order valence-electron chi connectivity index (χ2n) is 10.3. The second kappa shape index (κ2) is 9.19. The van der Waals surface area contributed by atoms with E-state index in [0.717, 1.165) is 18.9 Å². The van der Waals surface area contributed by atoms with Crippen molar-refractivity contribution in [2.45, 2.75) is 69.7 Å². The van der Waals surface area contributed by atoms with E-state index in [1.807, 2.05) is 4.90 Å². The maximum atomic E-state index is 14.2. The van der Waals surface area contributed by atoms with Crippen molar-refractivity contribution in [1.29, 1.82) is 0 Å². The van der Waals surface area contributed by atoms with Crippen LogP contribution in [0.5, 0.6) is 0 Å². The van der Waals surface area contributed by atoms with Crippen LogP contribution < -0.4 is 9.80 Å². The second-order valence-corrected chi connectivity index (χ2v) is 10.3. The van der Waals surface area contributed by atoms with E-state index in [1.165, 1.54) is 17.0 Å². The first-order valence-corrected chi connectivity index (χ1v) is 12.6. The number of hydrogen-bond acceptors (Lipinski definition) is 5. The Morgan fingerprint density at radius 3 is 2.49 bits per heavy atom. The zero-order valence-electron chi connectivity index (χ0n) is 19.7. The predicted molar refractivity (Wildman–Crippen MR) is 123 cm³/mol. The lowest BCUT2D eigenvalue weighted by molar-refractivity contribution is -0.139. The van der Waals surface area contributed by atoms with Crippen LogP contribution in [0, 0.1) is 5.41 Å². The molecule has 7 nitrogen and oxygen atoms in total. The maximum Gasteiger partial charge on any atom is 0.418 e. The van der Waals surface area contributed by atoms with Crippen molar-refractivity contribution < 1.29 is 32.6 Å². The number of carbonyl (C=O) groups is 2. The van der Waals surface area contributed by atoms with Gasteiger partial charge in [-0.05, 0) is 69.6 Å². The van der Waals surface area contributed by atoms with Gasteiger partial charge in [-0.1, -0.05) is 0 Å². The Morgan fingerprint density at radius 2 is 1.77 bits per heavy atom. The molecule has 1 N–H and O–H groups in total. The van der Waals surface area contributed by atoms with E-state index >= 15 is 0 Å². The number of aliphatic hydroxyl groups excluding tert-OH is 1. The lowest BCUT2D eigenvalue weighted by Crippen LogP contribution is -2.50. The lowest BCUT2D eigenvalue weighted by Gasteiger charge is -2.42. The molecular weight excluding hydrogens is 463 g/mol. The number of rotatable bonds is 3. The van der Waals surface area contributed by atoms with E-state index in [-0.39, 0.29) is 42.6 Å². The summed E-state index contributed by atoms with van der Waals surface area (Å²) in [6.45, 7) is 1.90. The van der Waals surface area contributed by atoms with Crippen LogP contribution in [0.15, 0.2) is 18.2 Å². The molecule has 1 atom stereocenters. The summed E-state index contributed by atoms with van der Waals surface area (Å²) in [5.41, 5.74) is -1.25. The van der Waals surface area contributed by atoms with E-state index in [1.54, 1.807) is 4.90 Å². The van der Waals surface area contributed by atoms with Gasteiger partial charge in [-0.2, -0.15) is 13.2 Å². The molecule has 1 aromatic carbocycles. The van der Waals surface area contributed by atoms with Gasteiger partial charge in [-0.25, -0.2) is 4.79 Å². The summed E-state index contributed by atoms with van der Waals surface area (Å²) < 4.78 is 47.5. The number of hydrogen-bond donors (Lipinski definition) is 1. The first kappa shape index (κ1) is 24.2. The fourth-order valence-electron chi connectivity index (χ4n) is 6.26. The first-order chi connectivity index (χ1) is 16.7.